The van der Waals surface area contributed by atoms with Gasteiger partial charge >= 0.3 is 0 Å². The Morgan fingerprint density at radius 3 is 2.94 bits per heavy atom. The molecule has 88 valence electrons. The fourth-order valence-electron chi connectivity index (χ4n) is 1.23. The van der Waals surface area contributed by atoms with E-state index in [0.717, 1.165) is 11.3 Å². The quantitative estimate of drug-likeness (QED) is 0.772. The summed E-state index contributed by atoms with van der Waals surface area (Å²) >= 11 is 1.61. The van der Waals surface area contributed by atoms with E-state index in [2.05, 4.69) is 5.32 Å². The summed E-state index contributed by atoms with van der Waals surface area (Å²) in [6, 6.07) is 1.87. The molecule has 1 atom stereocenters. The highest BCUT2D eigenvalue weighted by atomic mass is 32.1. The molecule has 3 nitrogen and oxygen atoms in total. The predicted octanol–water partition coefficient (Wildman–Crippen LogP) is 1.96. The Bertz CT molecular complexity index is 367. The van der Waals surface area contributed by atoms with Crippen LogP contribution in [0.3, 0.4) is 0 Å². The molecule has 4 heteroatoms. The van der Waals surface area contributed by atoms with E-state index in [4.69, 9.17) is 5.11 Å². The number of hydrogen-bond acceptors (Lipinski definition) is 3. The summed E-state index contributed by atoms with van der Waals surface area (Å²) < 4.78 is 0. The summed E-state index contributed by atoms with van der Waals surface area (Å²) in [6.07, 6.45) is 4.05. The molecule has 0 radical (unpaired) electrons. The van der Waals surface area contributed by atoms with Crippen molar-refractivity contribution < 1.29 is 9.90 Å². The average molecular weight is 239 g/mol. The first-order valence-electron chi connectivity index (χ1n) is 5.31. The highest BCUT2D eigenvalue weighted by Gasteiger charge is 2.06. The van der Waals surface area contributed by atoms with E-state index < -0.39 is 0 Å². The average Bonchev–Trinajstić information content (AvgIpc) is 2.69. The van der Waals surface area contributed by atoms with Crippen LogP contribution < -0.4 is 5.32 Å². The molecular weight excluding hydrogens is 222 g/mol. The lowest BCUT2D eigenvalue weighted by Gasteiger charge is -2.11. The standard InChI is InChI=1S/C12H17NO2S/c1-3-10(8-14)13-12(15)5-4-11-9(2)6-7-16-11/h4-7,10,14H,3,8H2,1-2H3,(H,13,15)/b5-4+/t10-/m1/s1. The minimum Gasteiger partial charge on any atom is -0.394 e. The molecule has 0 aromatic carbocycles. The predicted molar refractivity (Wildman–Crippen MR) is 67.4 cm³/mol. The summed E-state index contributed by atoms with van der Waals surface area (Å²) in [5.74, 6) is -0.159. The fraction of sp³-hybridized carbons (Fsp3) is 0.417. The van der Waals surface area contributed by atoms with Crippen LogP contribution in [0.5, 0.6) is 0 Å². The molecule has 1 aromatic rings. The minimum atomic E-state index is -0.159. The van der Waals surface area contributed by atoms with Crippen molar-refractivity contribution >= 4 is 23.3 Å². The molecule has 0 saturated heterocycles. The van der Waals surface area contributed by atoms with Gasteiger partial charge in [-0.3, -0.25) is 4.79 Å². The van der Waals surface area contributed by atoms with Gasteiger partial charge in [0.05, 0.1) is 12.6 Å². The van der Waals surface area contributed by atoms with Gasteiger partial charge in [-0.1, -0.05) is 6.92 Å². The Morgan fingerprint density at radius 1 is 1.69 bits per heavy atom. The van der Waals surface area contributed by atoms with Crippen molar-refractivity contribution in [2.45, 2.75) is 26.3 Å². The van der Waals surface area contributed by atoms with Crippen LogP contribution in [0.4, 0.5) is 0 Å². The van der Waals surface area contributed by atoms with E-state index in [9.17, 15) is 4.79 Å². The van der Waals surface area contributed by atoms with Gasteiger partial charge in [0, 0.05) is 11.0 Å². The maximum atomic E-state index is 11.5. The zero-order valence-corrected chi connectivity index (χ0v) is 10.4. The van der Waals surface area contributed by atoms with Crippen molar-refractivity contribution in [2.75, 3.05) is 6.61 Å². The van der Waals surface area contributed by atoms with Crippen molar-refractivity contribution in [3.05, 3.63) is 28.0 Å². The van der Waals surface area contributed by atoms with Crippen molar-refractivity contribution in [3.8, 4) is 0 Å². The summed E-state index contributed by atoms with van der Waals surface area (Å²) in [5, 5.41) is 13.7. The molecular formula is C12H17NO2S. The first-order valence-corrected chi connectivity index (χ1v) is 6.18. The van der Waals surface area contributed by atoms with Gasteiger partial charge in [0.1, 0.15) is 0 Å². The third-order valence-electron chi connectivity index (χ3n) is 2.35. The van der Waals surface area contributed by atoms with Crippen LogP contribution in [-0.4, -0.2) is 23.7 Å². The van der Waals surface area contributed by atoms with Crippen LogP contribution in [0, 0.1) is 6.92 Å². The Balaban J connectivity index is 2.51. The molecule has 1 rings (SSSR count). The summed E-state index contributed by atoms with van der Waals surface area (Å²) in [6.45, 7) is 3.92. The second kappa shape index (κ2) is 6.45. The molecule has 0 unspecified atom stereocenters. The van der Waals surface area contributed by atoms with E-state index >= 15 is 0 Å². The smallest absolute Gasteiger partial charge is 0.244 e. The SMILES string of the molecule is CC[C@H](CO)NC(=O)/C=C/c1sccc1C. The van der Waals surface area contributed by atoms with Gasteiger partial charge in [-0.25, -0.2) is 0 Å². The van der Waals surface area contributed by atoms with Crippen LogP contribution in [0.1, 0.15) is 23.8 Å². The number of amides is 1. The van der Waals surface area contributed by atoms with Gasteiger partial charge in [0.25, 0.3) is 0 Å². The second-order valence-electron chi connectivity index (χ2n) is 3.60. The minimum absolute atomic E-state index is 0.0197. The van der Waals surface area contributed by atoms with Gasteiger partial charge in [-0.05, 0) is 36.4 Å². The Kier molecular flexibility index (Phi) is 5.22. The van der Waals surface area contributed by atoms with Crippen LogP contribution in [0.25, 0.3) is 6.08 Å². The highest BCUT2D eigenvalue weighted by Crippen LogP contribution is 2.16. The Labute approximate surface area is 99.8 Å². The van der Waals surface area contributed by atoms with Crippen molar-refractivity contribution in [1.29, 1.82) is 0 Å². The number of rotatable bonds is 5. The molecule has 0 aliphatic carbocycles. The topological polar surface area (TPSA) is 49.3 Å². The van der Waals surface area contributed by atoms with Gasteiger partial charge in [0.15, 0.2) is 0 Å². The normalized spacial score (nSPS) is 12.9. The number of aryl methyl sites for hydroxylation is 1. The first kappa shape index (κ1) is 12.9. The zero-order valence-electron chi connectivity index (χ0n) is 9.56. The van der Waals surface area contributed by atoms with E-state index in [1.54, 1.807) is 17.4 Å². The summed E-state index contributed by atoms with van der Waals surface area (Å²) in [5.41, 5.74) is 1.17. The monoisotopic (exact) mass is 239 g/mol. The van der Waals surface area contributed by atoms with E-state index in [0.29, 0.717) is 0 Å². The molecule has 0 aliphatic rings. The number of carbonyl (C=O) groups excluding carboxylic acids is 1. The fourth-order valence-corrected chi connectivity index (χ4v) is 2.05. The lowest BCUT2D eigenvalue weighted by molar-refractivity contribution is -0.117. The largest absolute Gasteiger partial charge is 0.394 e. The highest BCUT2D eigenvalue weighted by molar-refractivity contribution is 7.11. The Hall–Kier alpha value is -1.13. The van der Waals surface area contributed by atoms with Crippen LogP contribution >= 0.6 is 11.3 Å². The number of thiophene rings is 1. The van der Waals surface area contributed by atoms with Crippen LogP contribution in [-0.2, 0) is 4.79 Å². The van der Waals surface area contributed by atoms with Crippen molar-refractivity contribution in [1.82, 2.24) is 5.32 Å². The molecule has 2 N–H and O–H groups in total. The number of carbonyl (C=O) groups is 1. The van der Waals surface area contributed by atoms with E-state index in [-0.39, 0.29) is 18.6 Å². The molecule has 1 amide bonds. The number of nitrogens with one attached hydrogen (secondary N) is 1. The van der Waals surface area contributed by atoms with Gasteiger partial charge in [0.2, 0.25) is 5.91 Å². The molecule has 16 heavy (non-hydrogen) atoms. The molecule has 0 saturated carbocycles. The first-order chi connectivity index (χ1) is 7.67. The number of aliphatic hydroxyl groups is 1. The zero-order chi connectivity index (χ0) is 12.0. The van der Waals surface area contributed by atoms with Crippen LogP contribution in [0.15, 0.2) is 17.5 Å². The molecule has 0 fully saturated rings. The molecule has 0 bridgehead atoms. The summed E-state index contributed by atoms with van der Waals surface area (Å²) in [7, 11) is 0. The van der Waals surface area contributed by atoms with E-state index in [1.165, 1.54) is 11.6 Å². The van der Waals surface area contributed by atoms with Gasteiger partial charge in [-0.2, -0.15) is 0 Å². The van der Waals surface area contributed by atoms with Crippen molar-refractivity contribution in [2.24, 2.45) is 0 Å². The third-order valence-corrected chi connectivity index (χ3v) is 3.33. The molecule has 1 heterocycles. The lowest BCUT2D eigenvalue weighted by atomic mass is 10.2. The maximum Gasteiger partial charge on any atom is 0.244 e. The second-order valence-corrected chi connectivity index (χ2v) is 4.55. The molecule has 1 aromatic heterocycles. The van der Waals surface area contributed by atoms with Crippen molar-refractivity contribution in [3.63, 3.8) is 0 Å². The van der Waals surface area contributed by atoms with E-state index in [1.807, 2.05) is 25.3 Å². The summed E-state index contributed by atoms with van der Waals surface area (Å²) in [4.78, 5) is 12.6. The van der Waals surface area contributed by atoms with Gasteiger partial charge < -0.3 is 10.4 Å². The van der Waals surface area contributed by atoms with Crippen LogP contribution in [0.2, 0.25) is 0 Å². The molecule has 0 spiro atoms. The number of hydrogen-bond donors (Lipinski definition) is 2. The Morgan fingerprint density at radius 2 is 2.44 bits per heavy atom. The lowest BCUT2D eigenvalue weighted by Crippen LogP contribution is -2.35. The number of aliphatic hydroxyl groups excluding tert-OH is 1. The maximum absolute atomic E-state index is 11.5. The third kappa shape index (κ3) is 3.79. The van der Waals surface area contributed by atoms with Gasteiger partial charge in [-0.15, -0.1) is 11.3 Å². The molecule has 0 aliphatic heterocycles.